The van der Waals surface area contributed by atoms with Gasteiger partial charge < -0.3 is 15.5 Å². The van der Waals surface area contributed by atoms with Gasteiger partial charge in [0.2, 0.25) is 5.91 Å². The standard InChI is InChI=1S/C10H16F3N3O2/c1-15(8(17)6-14)7-2-4-16(5-3-7)9(18)10(11,12)13/h7H,2-6,14H2,1H3. The molecule has 0 saturated carbocycles. The largest absolute Gasteiger partial charge is 0.471 e. The van der Waals surface area contributed by atoms with E-state index < -0.39 is 12.1 Å². The second-order valence-corrected chi connectivity index (χ2v) is 4.23. The molecule has 0 atom stereocenters. The second-order valence-electron chi connectivity index (χ2n) is 4.23. The summed E-state index contributed by atoms with van der Waals surface area (Å²) in [7, 11) is 1.57. The van der Waals surface area contributed by atoms with E-state index in [9.17, 15) is 22.8 Å². The highest BCUT2D eigenvalue weighted by molar-refractivity contribution is 5.82. The number of nitrogens with two attached hydrogens (primary N) is 1. The van der Waals surface area contributed by atoms with Gasteiger partial charge in [-0.15, -0.1) is 0 Å². The van der Waals surface area contributed by atoms with E-state index >= 15 is 0 Å². The third kappa shape index (κ3) is 3.34. The molecule has 104 valence electrons. The minimum Gasteiger partial charge on any atom is -0.342 e. The maximum absolute atomic E-state index is 12.2. The Morgan fingerprint density at radius 3 is 2.22 bits per heavy atom. The van der Waals surface area contributed by atoms with Gasteiger partial charge in [-0.2, -0.15) is 13.2 Å². The zero-order valence-corrected chi connectivity index (χ0v) is 10.0. The molecule has 5 nitrogen and oxygen atoms in total. The molecule has 1 saturated heterocycles. The van der Waals surface area contributed by atoms with Crippen molar-refractivity contribution in [3.63, 3.8) is 0 Å². The number of alkyl halides is 3. The second kappa shape index (κ2) is 5.55. The minimum atomic E-state index is -4.83. The van der Waals surface area contributed by atoms with Crippen LogP contribution >= 0.6 is 0 Å². The molecule has 0 aromatic rings. The number of hydrogen-bond donors (Lipinski definition) is 1. The Hall–Kier alpha value is -1.31. The SMILES string of the molecule is CN(C(=O)CN)C1CCN(C(=O)C(F)(F)F)CC1. The van der Waals surface area contributed by atoms with E-state index in [1.54, 1.807) is 7.05 Å². The Kier molecular flexibility index (Phi) is 4.55. The quantitative estimate of drug-likeness (QED) is 0.763. The first-order valence-electron chi connectivity index (χ1n) is 5.59. The number of carbonyl (C=O) groups is 2. The summed E-state index contributed by atoms with van der Waals surface area (Å²) in [5.74, 6) is -2.07. The van der Waals surface area contributed by atoms with E-state index in [2.05, 4.69) is 0 Å². The van der Waals surface area contributed by atoms with Crippen molar-refractivity contribution < 1.29 is 22.8 Å². The normalized spacial score (nSPS) is 17.7. The van der Waals surface area contributed by atoms with Crippen molar-refractivity contribution in [2.24, 2.45) is 5.73 Å². The molecular formula is C10H16F3N3O2. The van der Waals surface area contributed by atoms with Crippen LogP contribution in [0.5, 0.6) is 0 Å². The van der Waals surface area contributed by atoms with Gasteiger partial charge in [-0.1, -0.05) is 0 Å². The number of amides is 2. The third-order valence-corrected chi connectivity index (χ3v) is 3.11. The van der Waals surface area contributed by atoms with Crippen LogP contribution in [0.1, 0.15) is 12.8 Å². The Balaban J connectivity index is 2.51. The van der Waals surface area contributed by atoms with Gasteiger partial charge in [0.15, 0.2) is 0 Å². The number of rotatable bonds is 2. The lowest BCUT2D eigenvalue weighted by Crippen LogP contribution is -2.51. The fourth-order valence-corrected chi connectivity index (χ4v) is 1.98. The van der Waals surface area contributed by atoms with Crippen molar-refractivity contribution in [3.05, 3.63) is 0 Å². The van der Waals surface area contributed by atoms with E-state index in [1.165, 1.54) is 4.90 Å². The van der Waals surface area contributed by atoms with Crippen molar-refractivity contribution in [3.8, 4) is 0 Å². The molecule has 2 N–H and O–H groups in total. The van der Waals surface area contributed by atoms with Gasteiger partial charge in [0, 0.05) is 26.2 Å². The third-order valence-electron chi connectivity index (χ3n) is 3.11. The van der Waals surface area contributed by atoms with Crippen molar-refractivity contribution in [1.29, 1.82) is 0 Å². The Morgan fingerprint density at radius 1 is 1.33 bits per heavy atom. The zero-order chi connectivity index (χ0) is 13.9. The molecular weight excluding hydrogens is 251 g/mol. The van der Waals surface area contributed by atoms with E-state index in [-0.39, 0.29) is 31.6 Å². The molecule has 1 fully saturated rings. The molecule has 0 aromatic carbocycles. The summed E-state index contributed by atoms with van der Waals surface area (Å²) in [4.78, 5) is 24.5. The van der Waals surface area contributed by atoms with Gasteiger partial charge in [-0.25, -0.2) is 0 Å². The molecule has 1 aliphatic heterocycles. The van der Waals surface area contributed by atoms with Crippen LogP contribution in [0.4, 0.5) is 13.2 Å². The highest BCUT2D eigenvalue weighted by atomic mass is 19.4. The highest BCUT2D eigenvalue weighted by Crippen LogP contribution is 2.22. The molecule has 0 radical (unpaired) electrons. The molecule has 0 aliphatic carbocycles. The smallest absolute Gasteiger partial charge is 0.342 e. The van der Waals surface area contributed by atoms with Crippen LogP contribution in [0, 0.1) is 0 Å². The maximum atomic E-state index is 12.2. The van der Waals surface area contributed by atoms with Crippen LogP contribution in [0.15, 0.2) is 0 Å². The summed E-state index contributed by atoms with van der Waals surface area (Å²) < 4.78 is 36.6. The van der Waals surface area contributed by atoms with Gasteiger partial charge >= 0.3 is 12.1 Å². The molecule has 1 rings (SSSR count). The lowest BCUT2D eigenvalue weighted by molar-refractivity contribution is -0.186. The monoisotopic (exact) mass is 267 g/mol. The minimum absolute atomic E-state index is 0.00516. The molecule has 8 heteroatoms. The van der Waals surface area contributed by atoms with E-state index in [0.29, 0.717) is 12.8 Å². The number of carbonyl (C=O) groups excluding carboxylic acids is 2. The van der Waals surface area contributed by atoms with E-state index in [4.69, 9.17) is 5.73 Å². The van der Waals surface area contributed by atoms with Crippen molar-refractivity contribution in [2.45, 2.75) is 25.1 Å². The maximum Gasteiger partial charge on any atom is 0.471 e. The summed E-state index contributed by atoms with van der Waals surface area (Å²) >= 11 is 0. The van der Waals surface area contributed by atoms with Crippen LogP contribution < -0.4 is 5.73 Å². The zero-order valence-electron chi connectivity index (χ0n) is 10.0. The number of hydrogen-bond acceptors (Lipinski definition) is 3. The van der Waals surface area contributed by atoms with Crippen LogP contribution in [-0.4, -0.2) is 60.5 Å². The summed E-state index contributed by atoms with van der Waals surface area (Å²) in [6.45, 7) is -0.116. The van der Waals surface area contributed by atoms with Gasteiger partial charge in [0.25, 0.3) is 0 Å². The Bertz CT molecular complexity index is 325. The lowest BCUT2D eigenvalue weighted by atomic mass is 10.0. The first kappa shape index (κ1) is 14.7. The Morgan fingerprint density at radius 2 is 1.83 bits per heavy atom. The molecule has 1 aliphatic rings. The first-order chi connectivity index (χ1) is 8.27. The molecule has 1 heterocycles. The number of nitrogens with zero attached hydrogens (tertiary/aromatic N) is 2. The fraction of sp³-hybridized carbons (Fsp3) is 0.800. The average molecular weight is 267 g/mol. The van der Waals surface area contributed by atoms with Gasteiger partial charge in [-0.3, -0.25) is 9.59 Å². The molecule has 18 heavy (non-hydrogen) atoms. The summed E-state index contributed by atoms with van der Waals surface area (Å²) in [5, 5.41) is 0. The predicted octanol–water partition coefficient (Wildman–Crippen LogP) is -0.0432. The molecule has 0 aromatic heterocycles. The molecule has 2 amide bonds. The number of likely N-dealkylation sites (tertiary alicyclic amines) is 1. The highest BCUT2D eigenvalue weighted by Gasteiger charge is 2.43. The average Bonchev–Trinajstić information content (AvgIpc) is 2.35. The van der Waals surface area contributed by atoms with Crippen LogP contribution in [0.25, 0.3) is 0 Å². The number of halogens is 3. The van der Waals surface area contributed by atoms with Crippen molar-refractivity contribution >= 4 is 11.8 Å². The number of likely N-dealkylation sites (N-methyl/N-ethyl adjacent to an activating group) is 1. The Labute approximate surface area is 103 Å². The van der Waals surface area contributed by atoms with Crippen molar-refractivity contribution in [1.82, 2.24) is 9.80 Å². The van der Waals surface area contributed by atoms with Crippen molar-refractivity contribution in [2.75, 3.05) is 26.7 Å². The van der Waals surface area contributed by atoms with Crippen LogP contribution in [0.2, 0.25) is 0 Å². The van der Waals surface area contributed by atoms with Gasteiger partial charge in [-0.05, 0) is 12.8 Å². The lowest BCUT2D eigenvalue weighted by Gasteiger charge is -2.36. The van der Waals surface area contributed by atoms with Gasteiger partial charge in [0.05, 0.1) is 6.54 Å². The predicted molar refractivity (Wildman–Crippen MR) is 57.5 cm³/mol. The topological polar surface area (TPSA) is 66.6 Å². The summed E-state index contributed by atoms with van der Waals surface area (Å²) in [6.07, 6.45) is -4.15. The van der Waals surface area contributed by atoms with E-state index in [0.717, 1.165) is 4.90 Å². The van der Waals surface area contributed by atoms with Gasteiger partial charge in [0.1, 0.15) is 0 Å². The summed E-state index contributed by atoms with van der Waals surface area (Å²) in [5.41, 5.74) is 5.21. The van der Waals surface area contributed by atoms with Crippen LogP contribution in [0.3, 0.4) is 0 Å². The molecule has 0 unspecified atom stereocenters. The van der Waals surface area contributed by atoms with Crippen LogP contribution in [-0.2, 0) is 9.59 Å². The first-order valence-corrected chi connectivity index (χ1v) is 5.59. The fourth-order valence-electron chi connectivity index (χ4n) is 1.98. The summed E-state index contributed by atoms with van der Waals surface area (Å²) in [6, 6.07) is -0.154. The van der Waals surface area contributed by atoms with E-state index in [1.807, 2.05) is 0 Å². The molecule has 0 bridgehead atoms. The number of piperidine rings is 1. The molecule has 0 spiro atoms.